The van der Waals surface area contributed by atoms with Gasteiger partial charge < -0.3 is 14.8 Å². The van der Waals surface area contributed by atoms with Gasteiger partial charge in [0.1, 0.15) is 12.4 Å². The zero-order valence-electron chi connectivity index (χ0n) is 11.7. The Morgan fingerprint density at radius 1 is 1.11 bits per heavy atom. The average molecular weight is 251 g/mol. The minimum absolute atomic E-state index is 0.562. The molecule has 0 radical (unpaired) electrons. The molecule has 0 heterocycles. The number of rotatable bonds is 9. The van der Waals surface area contributed by atoms with E-state index >= 15 is 0 Å². The van der Waals surface area contributed by atoms with Crippen LogP contribution in [0.15, 0.2) is 24.3 Å². The van der Waals surface area contributed by atoms with Crippen LogP contribution in [0, 0.1) is 0 Å². The molecule has 0 bridgehead atoms. The molecule has 1 unspecified atom stereocenters. The molecule has 0 amide bonds. The van der Waals surface area contributed by atoms with E-state index in [4.69, 9.17) is 9.47 Å². The third kappa shape index (κ3) is 6.03. The van der Waals surface area contributed by atoms with Crippen molar-refractivity contribution in [3.63, 3.8) is 0 Å². The van der Waals surface area contributed by atoms with Gasteiger partial charge in [0, 0.05) is 19.2 Å². The lowest BCUT2D eigenvalue weighted by Gasteiger charge is -2.11. The molecule has 0 spiro atoms. The quantitative estimate of drug-likeness (QED) is 0.684. The van der Waals surface area contributed by atoms with Crippen molar-refractivity contribution in [1.29, 1.82) is 0 Å². The highest BCUT2D eigenvalue weighted by molar-refractivity contribution is 5.27. The van der Waals surface area contributed by atoms with Crippen molar-refractivity contribution in [3.05, 3.63) is 29.8 Å². The summed E-state index contributed by atoms with van der Waals surface area (Å²) >= 11 is 0. The third-order valence-electron chi connectivity index (χ3n) is 2.89. The van der Waals surface area contributed by atoms with Crippen molar-refractivity contribution in [2.45, 2.75) is 39.8 Å². The topological polar surface area (TPSA) is 30.5 Å². The predicted molar refractivity (Wildman–Crippen MR) is 75.0 cm³/mol. The zero-order valence-corrected chi connectivity index (χ0v) is 11.7. The SMILES string of the molecule is CCOCCOc1ccc(CNC(C)CC)cc1. The zero-order chi connectivity index (χ0) is 13.2. The van der Waals surface area contributed by atoms with Crippen molar-refractivity contribution < 1.29 is 9.47 Å². The van der Waals surface area contributed by atoms with Gasteiger partial charge in [-0.25, -0.2) is 0 Å². The highest BCUT2D eigenvalue weighted by Crippen LogP contribution is 2.12. The average Bonchev–Trinajstić information content (AvgIpc) is 2.42. The molecule has 1 N–H and O–H groups in total. The van der Waals surface area contributed by atoms with Crippen LogP contribution in [-0.4, -0.2) is 25.9 Å². The van der Waals surface area contributed by atoms with Gasteiger partial charge >= 0.3 is 0 Å². The summed E-state index contributed by atoms with van der Waals surface area (Å²) in [5.74, 6) is 0.905. The Balaban J connectivity index is 2.28. The number of benzene rings is 1. The van der Waals surface area contributed by atoms with Crippen LogP contribution >= 0.6 is 0 Å². The van der Waals surface area contributed by atoms with Gasteiger partial charge in [-0.05, 0) is 38.0 Å². The second-order valence-corrected chi connectivity index (χ2v) is 4.38. The van der Waals surface area contributed by atoms with E-state index in [-0.39, 0.29) is 0 Å². The van der Waals surface area contributed by atoms with E-state index in [0.29, 0.717) is 19.3 Å². The Morgan fingerprint density at radius 2 is 1.83 bits per heavy atom. The van der Waals surface area contributed by atoms with E-state index in [1.54, 1.807) is 0 Å². The molecule has 0 aliphatic carbocycles. The maximum atomic E-state index is 5.56. The van der Waals surface area contributed by atoms with E-state index < -0.39 is 0 Å². The lowest BCUT2D eigenvalue weighted by atomic mass is 10.2. The minimum atomic E-state index is 0.562. The molecule has 1 rings (SSSR count). The molecule has 0 aliphatic heterocycles. The highest BCUT2D eigenvalue weighted by Gasteiger charge is 1.99. The van der Waals surface area contributed by atoms with Crippen LogP contribution in [0.2, 0.25) is 0 Å². The van der Waals surface area contributed by atoms with Crippen molar-refractivity contribution in [1.82, 2.24) is 5.32 Å². The van der Waals surface area contributed by atoms with E-state index in [9.17, 15) is 0 Å². The molecule has 0 saturated heterocycles. The summed E-state index contributed by atoms with van der Waals surface area (Å²) in [6.07, 6.45) is 1.15. The second kappa shape index (κ2) is 8.95. The summed E-state index contributed by atoms with van der Waals surface area (Å²) in [7, 11) is 0. The first kappa shape index (κ1) is 15.0. The van der Waals surface area contributed by atoms with Crippen molar-refractivity contribution in [3.8, 4) is 5.75 Å². The second-order valence-electron chi connectivity index (χ2n) is 4.38. The number of nitrogens with one attached hydrogen (secondary N) is 1. The summed E-state index contributed by atoms with van der Waals surface area (Å²) in [5, 5.41) is 3.47. The van der Waals surface area contributed by atoms with Crippen LogP contribution in [0.5, 0.6) is 5.75 Å². The highest BCUT2D eigenvalue weighted by atomic mass is 16.5. The fourth-order valence-corrected chi connectivity index (χ4v) is 1.50. The molecule has 18 heavy (non-hydrogen) atoms. The molecular formula is C15H25NO2. The van der Waals surface area contributed by atoms with Gasteiger partial charge in [0.05, 0.1) is 6.61 Å². The summed E-state index contributed by atoms with van der Waals surface area (Å²) < 4.78 is 10.8. The summed E-state index contributed by atoms with van der Waals surface area (Å²) in [4.78, 5) is 0. The number of ether oxygens (including phenoxy) is 2. The van der Waals surface area contributed by atoms with E-state index in [1.807, 2.05) is 19.1 Å². The van der Waals surface area contributed by atoms with Gasteiger partial charge in [-0.3, -0.25) is 0 Å². The Bertz CT molecular complexity index is 311. The van der Waals surface area contributed by atoms with Crippen LogP contribution in [0.4, 0.5) is 0 Å². The first-order valence-corrected chi connectivity index (χ1v) is 6.79. The third-order valence-corrected chi connectivity index (χ3v) is 2.89. The lowest BCUT2D eigenvalue weighted by molar-refractivity contribution is 0.110. The molecule has 1 atom stereocenters. The molecule has 0 fully saturated rings. The maximum absolute atomic E-state index is 5.56. The lowest BCUT2D eigenvalue weighted by Crippen LogP contribution is -2.24. The van der Waals surface area contributed by atoms with Gasteiger partial charge in [-0.1, -0.05) is 19.1 Å². The van der Waals surface area contributed by atoms with Crippen LogP contribution < -0.4 is 10.1 Å². The van der Waals surface area contributed by atoms with Crippen molar-refractivity contribution in [2.24, 2.45) is 0 Å². The van der Waals surface area contributed by atoms with Crippen LogP contribution in [0.1, 0.15) is 32.8 Å². The minimum Gasteiger partial charge on any atom is -0.491 e. The maximum Gasteiger partial charge on any atom is 0.119 e. The van der Waals surface area contributed by atoms with E-state index in [0.717, 1.165) is 25.3 Å². The number of hydrogen-bond acceptors (Lipinski definition) is 3. The monoisotopic (exact) mass is 251 g/mol. The standard InChI is InChI=1S/C15H25NO2/c1-4-13(3)16-12-14-6-8-15(9-7-14)18-11-10-17-5-2/h6-9,13,16H,4-5,10-12H2,1-3H3. The first-order valence-electron chi connectivity index (χ1n) is 6.79. The molecule has 3 nitrogen and oxygen atoms in total. The molecule has 0 aromatic heterocycles. The van der Waals surface area contributed by atoms with Gasteiger partial charge in [0.25, 0.3) is 0 Å². The van der Waals surface area contributed by atoms with E-state index in [1.165, 1.54) is 5.56 Å². The molecule has 1 aromatic rings. The van der Waals surface area contributed by atoms with Gasteiger partial charge in [0.2, 0.25) is 0 Å². The molecule has 3 heteroatoms. The predicted octanol–water partition coefficient (Wildman–Crippen LogP) is 2.99. The molecular weight excluding hydrogens is 226 g/mol. The summed E-state index contributed by atoms with van der Waals surface area (Å²) in [5.41, 5.74) is 1.28. The first-order chi connectivity index (χ1) is 8.76. The largest absolute Gasteiger partial charge is 0.491 e. The smallest absolute Gasteiger partial charge is 0.119 e. The Kier molecular flexibility index (Phi) is 7.46. The fourth-order valence-electron chi connectivity index (χ4n) is 1.50. The summed E-state index contributed by atoms with van der Waals surface area (Å²) in [6, 6.07) is 8.79. The van der Waals surface area contributed by atoms with Gasteiger partial charge in [-0.2, -0.15) is 0 Å². The van der Waals surface area contributed by atoms with Gasteiger partial charge in [-0.15, -0.1) is 0 Å². The molecule has 0 aliphatic rings. The van der Waals surface area contributed by atoms with Crippen molar-refractivity contribution in [2.75, 3.05) is 19.8 Å². The van der Waals surface area contributed by atoms with Crippen molar-refractivity contribution >= 4 is 0 Å². The summed E-state index contributed by atoms with van der Waals surface area (Å²) in [6.45, 7) is 9.28. The number of hydrogen-bond donors (Lipinski definition) is 1. The Hall–Kier alpha value is -1.06. The molecule has 1 aromatic carbocycles. The van der Waals surface area contributed by atoms with Gasteiger partial charge in [0.15, 0.2) is 0 Å². The van der Waals surface area contributed by atoms with Crippen LogP contribution in [0.3, 0.4) is 0 Å². The fraction of sp³-hybridized carbons (Fsp3) is 0.600. The molecule has 102 valence electrons. The normalized spacial score (nSPS) is 12.4. The Labute approximate surface area is 110 Å². The molecule has 0 saturated carbocycles. The van der Waals surface area contributed by atoms with Crippen LogP contribution in [-0.2, 0) is 11.3 Å². The van der Waals surface area contributed by atoms with E-state index in [2.05, 4.69) is 31.3 Å². The Morgan fingerprint density at radius 3 is 2.44 bits per heavy atom. The van der Waals surface area contributed by atoms with Crippen LogP contribution in [0.25, 0.3) is 0 Å².